The topological polar surface area (TPSA) is 114 Å². The van der Waals surface area contributed by atoms with E-state index in [1.54, 1.807) is 6.33 Å². The summed E-state index contributed by atoms with van der Waals surface area (Å²) in [5.74, 6) is 0.611. The van der Waals surface area contributed by atoms with Gasteiger partial charge in [-0.1, -0.05) is 18.2 Å². The first-order chi connectivity index (χ1) is 18.6. The molecular weight excluding hydrogens is 480 g/mol. The molecule has 0 radical (unpaired) electrons. The van der Waals surface area contributed by atoms with Crippen LogP contribution in [0.5, 0.6) is 0 Å². The minimum Gasteiger partial charge on any atom is -0.377 e. The van der Waals surface area contributed by atoms with Crippen molar-refractivity contribution in [1.82, 2.24) is 34.4 Å². The quantitative estimate of drug-likeness (QED) is 0.368. The van der Waals surface area contributed by atoms with Gasteiger partial charge < -0.3 is 24.5 Å². The highest BCUT2D eigenvalue weighted by Crippen LogP contribution is 2.36. The minimum absolute atomic E-state index is 0.0266. The maximum atomic E-state index is 14.3. The van der Waals surface area contributed by atoms with Crippen LogP contribution in [0.25, 0.3) is 33.1 Å². The first kappa shape index (κ1) is 22.9. The van der Waals surface area contributed by atoms with Crippen LogP contribution in [-0.4, -0.2) is 65.6 Å². The molecular formula is C28H28N8O2. The third kappa shape index (κ3) is 3.71. The van der Waals surface area contributed by atoms with Gasteiger partial charge in [0, 0.05) is 30.4 Å². The molecule has 10 heteroatoms. The van der Waals surface area contributed by atoms with E-state index in [0.717, 1.165) is 46.0 Å². The molecule has 2 fully saturated rings. The molecule has 2 unspecified atom stereocenters. The van der Waals surface area contributed by atoms with E-state index in [-0.39, 0.29) is 24.0 Å². The Morgan fingerprint density at radius 3 is 2.79 bits per heavy atom. The van der Waals surface area contributed by atoms with Crippen molar-refractivity contribution in [3.05, 3.63) is 66.8 Å². The van der Waals surface area contributed by atoms with Crippen LogP contribution in [0.4, 0.5) is 5.82 Å². The van der Waals surface area contributed by atoms with Crippen LogP contribution >= 0.6 is 0 Å². The van der Waals surface area contributed by atoms with Gasteiger partial charge in [-0.05, 0) is 42.8 Å². The van der Waals surface area contributed by atoms with Crippen LogP contribution in [0.2, 0.25) is 0 Å². The normalized spacial score (nSPS) is 19.8. The Balaban J connectivity index is 1.36. The molecule has 0 spiro atoms. The third-order valence-corrected chi connectivity index (χ3v) is 7.72. The lowest BCUT2D eigenvalue weighted by molar-refractivity contribution is -0.00735. The summed E-state index contributed by atoms with van der Waals surface area (Å²) in [6.07, 6.45) is 9.11. The van der Waals surface area contributed by atoms with Gasteiger partial charge in [-0.2, -0.15) is 0 Å². The molecule has 2 N–H and O–H groups in total. The Hall–Kier alpha value is -4.31. The highest BCUT2D eigenvalue weighted by molar-refractivity contribution is 6.11. The van der Waals surface area contributed by atoms with Crippen molar-refractivity contribution in [3.63, 3.8) is 0 Å². The predicted octanol–water partition coefficient (Wildman–Crippen LogP) is 4.08. The van der Waals surface area contributed by atoms with E-state index in [1.165, 1.54) is 6.33 Å². The number of H-pyrrole nitrogens is 1. The van der Waals surface area contributed by atoms with Crippen LogP contribution in [0.15, 0.2) is 55.4 Å². The highest BCUT2D eigenvalue weighted by Gasteiger charge is 2.41. The molecule has 10 nitrogen and oxygen atoms in total. The zero-order valence-corrected chi connectivity index (χ0v) is 21.3. The summed E-state index contributed by atoms with van der Waals surface area (Å²) in [5, 5.41) is 5.30. The fourth-order valence-electron chi connectivity index (χ4n) is 5.85. The van der Waals surface area contributed by atoms with Crippen LogP contribution < -0.4 is 5.32 Å². The molecule has 2 aliphatic heterocycles. The van der Waals surface area contributed by atoms with Crippen molar-refractivity contribution in [2.24, 2.45) is 7.05 Å². The van der Waals surface area contributed by atoms with Gasteiger partial charge in [0.1, 0.15) is 17.5 Å². The van der Waals surface area contributed by atoms with Crippen molar-refractivity contribution in [3.8, 4) is 11.1 Å². The average Bonchev–Trinajstić information content (AvgIpc) is 3.65. The molecule has 2 aliphatic rings. The van der Waals surface area contributed by atoms with Crippen molar-refractivity contribution >= 4 is 33.7 Å². The number of nitrogens with one attached hydrogen (secondary N) is 2. The second-order valence-corrected chi connectivity index (χ2v) is 10.2. The number of rotatable bonds is 5. The number of carbonyl (C=O) groups excluding carboxylic acids is 1. The number of aryl methyl sites for hydroxylation is 1. The molecule has 5 aromatic rings. The first-order valence-corrected chi connectivity index (χ1v) is 12.9. The lowest BCUT2D eigenvalue weighted by Crippen LogP contribution is -2.49. The lowest BCUT2D eigenvalue weighted by atomic mass is 9.96. The molecule has 7 rings (SSSR count). The van der Waals surface area contributed by atoms with Gasteiger partial charge in [-0.3, -0.25) is 4.79 Å². The molecule has 38 heavy (non-hydrogen) atoms. The van der Waals surface area contributed by atoms with Crippen LogP contribution in [-0.2, 0) is 11.8 Å². The molecule has 0 aliphatic carbocycles. The number of aromatic nitrogens is 6. The average molecular weight is 509 g/mol. The van der Waals surface area contributed by atoms with Crippen molar-refractivity contribution in [1.29, 1.82) is 0 Å². The molecule has 2 bridgehead atoms. The number of morpholine rings is 1. The number of ether oxygens (including phenoxy) is 1. The van der Waals surface area contributed by atoms with E-state index in [4.69, 9.17) is 9.72 Å². The number of pyridine rings is 1. The molecule has 3 atom stereocenters. The maximum Gasteiger partial charge on any atom is 0.273 e. The van der Waals surface area contributed by atoms with Gasteiger partial charge in [0.25, 0.3) is 5.91 Å². The SMILES string of the molecule is C[C@H](Nc1ncnc2nc[nH]c12)c1cc2cccc(-c3ccn(C)c3)c2c(C(=O)N2C3CCC2COC3)n1. The Morgan fingerprint density at radius 1 is 1.16 bits per heavy atom. The van der Waals surface area contributed by atoms with E-state index < -0.39 is 0 Å². The standard InChI is InChI=1S/C28H28N8O2/c1-16(33-27-25-26(30-14-29-25)31-15-32-27)22-10-17-4-3-5-21(18-8-9-35(2)11-18)23(17)24(34-22)28(37)36-19-6-7-20(36)13-38-12-19/h3-5,8-11,14-16,19-20H,6-7,12-13H2,1-2H3,(H2,29,30,31,32,33)/t16-,19?,20?/m0/s1. The summed E-state index contributed by atoms with van der Waals surface area (Å²) in [7, 11) is 2.00. The van der Waals surface area contributed by atoms with Crippen LogP contribution in [0.1, 0.15) is 42.0 Å². The maximum absolute atomic E-state index is 14.3. The Labute approximate surface area is 219 Å². The minimum atomic E-state index is -0.228. The number of carbonyl (C=O) groups is 1. The van der Waals surface area contributed by atoms with Gasteiger partial charge >= 0.3 is 0 Å². The second-order valence-electron chi connectivity index (χ2n) is 10.2. The number of anilines is 1. The molecule has 2 saturated heterocycles. The van der Waals surface area contributed by atoms with Crippen molar-refractivity contribution < 1.29 is 9.53 Å². The summed E-state index contributed by atoms with van der Waals surface area (Å²) in [6.45, 7) is 3.18. The van der Waals surface area contributed by atoms with E-state index >= 15 is 0 Å². The van der Waals surface area contributed by atoms with E-state index in [2.05, 4.69) is 55.7 Å². The summed E-state index contributed by atoms with van der Waals surface area (Å²) >= 11 is 0. The number of aromatic amines is 1. The monoisotopic (exact) mass is 508 g/mol. The van der Waals surface area contributed by atoms with Crippen LogP contribution in [0.3, 0.4) is 0 Å². The molecule has 1 aromatic carbocycles. The van der Waals surface area contributed by atoms with Crippen molar-refractivity contribution in [2.75, 3.05) is 18.5 Å². The Morgan fingerprint density at radius 2 is 2.00 bits per heavy atom. The van der Waals surface area contributed by atoms with Crippen LogP contribution in [0, 0.1) is 0 Å². The second kappa shape index (κ2) is 8.91. The number of amides is 1. The molecule has 4 aromatic heterocycles. The number of hydrogen-bond acceptors (Lipinski definition) is 7. The zero-order valence-electron chi connectivity index (χ0n) is 21.3. The van der Waals surface area contributed by atoms with E-state index in [9.17, 15) is 4.79 Å². The number of nitrogens with zero attached hydrogens (tertiary/aromatic N) is 6. The summed E-state index contributed by atoms with van der Waals surface area (Å²) < 4.78 is 7.78. The lowest BCUT2D eigenvalue weighted by Gasteiger charge is -2.35. The first-order valence-electron chi connectivity index (χ1n) is 12.9. The predicted molar refractivity (Wildman–Crippen MR) is 144 cm³/mol. The van der Waals surface area contributed by atoms with E-state index in [0.29, 0.717) is 30.4 Å². The fourth-order valence-corrected chi connectivity index (χ4v) is 5.85. The highest BCUT2D eigenvalue weighted by atomic mass is 16.5. The van der Waals surface area contributed by atoms with Crippen molar-refractivity contribution in [2.45, 2.75) is 37.9 Å². The number of benzene rings is 1. The number of fused-ring (bicyclic) bond motifs is 4. The third-order valence-electron chi connectivity index (χ3n) is 7.72. The Bertz CT molecular complexity index is 1660. The fraction of sp³-hybridized carbons (Fsp3) is 0.321. The van der Waals surface area contributed by atoms with Gasteiger partial charge in [0.15, 0.2) is 11.5 Å². The summed E-state index contributed by atoms with van der Waals surface area (Å²) in [5.41, 5.74) is 4.62. The van der Waals surface area contributed by atoms with E-state index in [1.807, 2.05) is 35.7 Å². The van der Waals surface area contributed by atoms with Gasteiger partial charge in [-0.25, -0.2) is 19.9 Å². The smallest absolute Gasteiger partial charge is 0.273 e. The van der Waals surface area contributed by atoms with Gasteiger partial charge in [-0.15, -0.1) is 0 Å². The molecule has 6 heterocycles. The zero-order chi connectivity index (χ0) is 25.8. The van der Waals surface area contributed by atoms with Gasteiger partial charge in [0.2, 0.25) is 0 Å². The molecule has 0 saturated carbocycles. The Kier molecular flexibility index (Phi) is 5.36. The van der Waals surface area contributed by atoms with Gasteiger partial charge in [0.05, 0.1) is 43.4 Å². The summed E-state index contributed by atoms with van der Waals surface area (Å²) in [6, 6.07) is 10.3. The molecule has 192 valence electrons. The molecule has 1 amide bonds. The number of hydrogen-bond donors (Lipinski definition) is 2. The largest absolute Gasteiger partial charge is 0.377 e. The number of imidazole rings is 1. The summed E-state index contributed by atoms with van der Waals surface area (Å²) in [4.78, 5) is 37.3.